The molecular formula is C17H24ClN3S. The molecule has 0 fully saturated rings. The standard InChI is InChI=1S/C17H24ClN3S/c1-14(2)21(13-15-11-19-20(3)12-15)9-6-10-22-17-8-5-4-7-16(17)18/h4-5,7-8,11-12,14H,6,9-10,13H2,1-3H3. The van der Waals surface area contributed by atoms with Gasteiger partial charge in [0.1, 0.15) is 0 Å². The van der Waals surface area contributed by atoms with Gasteiger partial charge in [-0.05, 0) is 44.7 Å². The normalized spacial score (nSPS) is 11.5. The Balaban J connectivity index is 1.78. The highest BCUT2D eigenvalue weighted by atomic mass is 35.5. The zero-order valence-electron chi connectivity index (χ0n) is 13.5. The summed E-state index contributed by atoms with van der Waals surface area (Å²) in [4.78, 5) is 3.66. The highest BCUT2D eigenvalue weighted by Gasteiger charge is 2.11. The Kier molecular flexibility index (Phi) is 6.80. The van der Waals surface area contributed by atoms with Gasteiger partial charge in [-0.3, -0.25) is 9.58 Å². The van der Waals surface area contributed by atoms with Crippen molar-refractivity contribution in [2.75, 3.05) is 12.3 Å². The minimum atomic E-state index is 0.533. The second-order valence-electron chi connectivity index (χ2n) is 5.72. The number of hydrogen-bond donors (Lipinski definition) is 0. The van der Waals surface area contributed by atoms with Crippen LogP contribution in [0.2, 0.25) is 5.02 Å². The molecule has 5 heteroatoms. The molecule has 1 aromatic heterocycles. The Hall–Kier alpha value is -0.970. The van der Waals surface area contributed by atoms with Crippen LogP contribution in [0, 0.1) is 0 Å². The van der Waals surface area contributed by atoms with Crippen molar-refractivity contribution in [3.8, 4) is 0 Å². The van der Waals surface area contributed by atoms with E-state index in [1.54, 1.807) is 0 Å². The summed E-state index contributed by atoms with van der Waals surface area (Å²) < 4.78 is 1.86. The van der Waals surface area contributed by atoms with Crippen LogP contribution >= 0.6 is 23.4 Å². The molecule has 1 aromatic carbocycles. The molecule has 0 aliphatic carbocycles. The van der Waals surface area contributed by atoms with Crippen molar-refractivity contribution in [3.63, 3.8) is 0 Å². The fourth-order valence-electron chi connectivity index (χ4n) is 2.32. The van der Waals surface area contributed by atoms with Crippen LogP contribution in [0.3, 0.4) is 0 Å². The Morgan fingerprint density at radius 1 is 1.32 bits per heavy atom. The van der Waals surface area contributed by atoms with Crippen LogP contribution in [-0.4, -0.2) is 33.0 Å². The van der Waals surface area contributed by atoms with E-state index in [1.165, 1.54) is 10.5 Å². The van der Waals surface area contributed by atoms with Gasteiger partial charge in [0, 0.05) is 36.3 Å². The van der Waals surface area contributed by atoms with Gasteiger partial charge in [-0.1, -0.05) is 23.7 Å². The monoisotopic (exact) mass is 337 g/mol. The number of aryl methyl sites for hydroxylation is 1. The van der Waals surface area contributed by atoms with Crippen LogP contribution in [0.4, 0.5) is 0 Å². The second kappa shape index (κ2) is 8.61. The number of hydrogen-bond acceptors (Lipinski definition) is 3. The lowest BCUT2D eigenvalue weighted by atomic mass is 10.2. The molecular weight excluding hydrogens is 314 g/mol. The molecule has 120 valence electrons. The number of rotatable bonds is 8. The Morgan fingerprint density at radius 3 is 2.73 bits per heavy atom. The van der Waals surface area contributed by atoms with Crippen molar-refractivity contribution in [1.82, 2.24) is 14.7 Å². The van der Waals surface area contributed by atoms with E-state index in [-0.39, 0.29) is 0 Å². The molecule has 0 bridgehead atoms. The van der Waals surface area contributed by atoms with E-state index in [2.05, 4.69) is 36.1 Å². The molecule has 0 spiro atoms. The van der Waals surface area contributed by atoms with Crippen LogP contribution < -0.4 is 0 Å². The Labute approximate surface area is 142 Å². The first-order valence-corrected chi connectivity index (χ1v) is 9.01. The van der Waals surface area contributed by atoms with Crippen LogP contribution in [-0.2, 0) is 13.6 Å². The summed E-state index contributed by atoms with van der Waals surface area (Å²) in [7, 11) is 1.96. The van der Waals surface area contributed by atoms with E-state index < -0.39 is 0 Å². The minimum Gasteiger partial charge on any atom is -0.297 e. The Bertz CT molecular complexity index is 583. The fourth-order valence-corrected chi connectivity index (χ4v) is 3.49. The van der Waals surface area contributed by atoms with Crippen molar-refractivity contribution in [1.29, 1.82) is 0 Å². The molecule has 0 N–H and O–H groups in total. The third-order valence-corrected chi connectivity index (χ3v) is 5.16. The maximum atomic E-state index is 6.19. The summed E-state index contributed by atoms with van der Waals surface area (Å²) in [5, 5.41) is 5.10. The molecule has 0 aliphatic rings. The average molecular weight is 338 g/mol. The van der Waals surface area contributed by atoms with E-state index in [4.69, 9.17) is 11.6 Å². The molecule has 0 radical (unpaired) electrons. The van der Waals surface area contributed by atoms with Crippen LogP contribution in [0.1, 0.15) is 25.8 Å². The predicted molar refractivity (Wildman–Crippen MR) is 95.5 cm³/mol. The summed E-state index contributed by atoms with van der Waals surface area (Å²) in [5.74, 6) is 1.08. The van der Waals surface area contributed by atoms with Crippen molar-refractivity contribution in [3.05, 3.63) is 47.2 Å². The van der Waals surface area contributed by atoms with Gasteiger partial charge < -0.3 is 0 Å². The van der Waals surface area contributed by atoms with Gasteiger partial charge in [-0.2, -0.15) is 5.10 Å². The molecule has 0 amide bonds. The number of nitrogens with zero attached hydrogens (tertiary/aromatic N) is 3. The third kappa shape index (κ3) is 5.34. The molecule has 22 heavy (non-hydrogen) atoms. The highest BCUT2D eigenvalue weighted by molar-refractivity contribution is 7.99. The van der Waals surface area contributed by atoms with Crippen LogP contribution in [0.15, 0.2) is 41.6 Å². The first kappa shape index (κ1) is 17.4. The molecule has 2 rings (SSSR count). The van der Waals surface area contributed by atoms with Crippen molar-refractivity contribution >= 4 is 23.4 Å². The van der Waals surface area contributed by atoms with Gasteiger partial charge in [0.25, 0.3) is 0 Å². The van der Waals surface area contributed by atoms with Gasteiger partial charge >= 0.3 is 0 Å². The summed E-state index contributed by atoms with van der Waals surface area (Å²) >= 11 is 8.02. The van der Waals surface area contributed by atoms with Gasteiger partial charge in [-0.15, -0.1) is 11.8 Å². The summed E-state index contributed by atoms with van der Waals surface area (Å²) in [5.41, 5.74) is 1.27. The van der Waals surface area contributed by atoms with Crippen molar-refractivity contribution in [2.24, 2.45) is 7.05 Å². The van der Waals surface area contributed by atoms with E-state index in [0.29, 0.717) is 6.04 Å². The fraction of sp³-hybridized carbons (Fsp3) is 0.471. The van der Waals surface area contributed by atoms with E-state index in [9.17, 15) is 0 Å². The van der Waals surface area contributed by atoms with E-state index >= 15 is 0 Å². The quantitative estimate of drug-likeness (QED) is 0.524. The van der Waals surface area contributed by atoms with Crippen LogP contribution in [0.25, 0.3) is 0 Å². The number of aromatic nitrogens is 2. The maximum absolute atomic E-state index is 6.19. The van der Waals surface area contributed by atoms with Gasteiger partial charge in [0.05, 0.1) is 11.2 Å². The molecule has 0 unspecified atom stereocenters. The highest BCUT2D eigenvalue weighted by Crippen LogP contribution is 2.27. The zero-order valence-corrected chi connectivity index (χ0v) is 15.1. The second-order valence-corrected chi connectivity index (χ2v) is 7.26. The maximum Gasteiger partial charge on any atom is 0.0541 e. The van der Waals surface area contributed by atoms with Crippen molar-refractivity contribution < 1.29 is 0 Å². The first-order chi connectivity index (χ1) is 10.6. The lowest BCUT2D eigenvalue weighted by molar-refractivity contribution is 0.214. The smallest absolute Gasteiger partial charge is 0.0541 e. The van der Waals surface area contributed by atoms with Crippen molar-refractivity contribution in [2.45, 2.75) is 37.8 Å². The molecule has 1 heterocycles. The largest absolute Gasteiger partial charge is 0.297 e. The molecule has 3 nitrogen and oxygen atoms in total. The third-order valence-electron chi connectivity index (χ3n) is 3.56. The average Bonchev–Trinajstić information content (AvgIpc) is 2.89. The summed E-state index contributed by atoms with van der Waals surface area (Å²) in [6.45, 7) is 6.54. The Morgan fingerprint density at radius 2 is 2.09 bits per heavy atom. The van der Waals surface area contributed by atoms with Gasteiger partial charge in [-0.25, -0.2) is 0 Å². The SMILES string of the molecule is CC(C)N(CCCSc1ccccc1Cl)Cc1cnn(C)c1. The molecule has 2 aromatic rings. The first-order valence-electron chi connectivity index (χ1n) is 7.65. The lowest BCUT2D eigenvalue weighted by Gasteiger charge is -2.25. The summed E-state index contributed by atoms with van der Waals surface area (Å²) in [6, 6.07) is 8.58. The number of halogens is 1. The minimum absolute atomic E-state index is 0.533. The van der Waals surface area contributed by atoms with Gasteiger partial charge in [0.2, 0.25) is 0 Å². The molecule has 0 aliphatic heterocycles. The van der Waals surface area contributed by atoms with Gasteiger partial charge in [0.15, 0.2) is 0 Å². The molecule has 0 saturated heterocycles. The summed E-state index contributed by atoms with van der Waals surface area (Å²) in [6.07, 6.45) is 5.19. The molecule has 0 atom stereocenters. The van der Waals surface area contributed by atoms with Crippen LogP contribution in [0.5, 0.6) is 0 Å². The number of benzene rings is 1. The zero-order chi connectivity index (χ0) is 15.9. The number of thioether (sulfide) groups is 1. The van der Waals surface area contributed by atoms with E-state index in [0.717, 1.165) is 30.3 Å². The molecule has 0 saturated carbocycles. The lowest BCUT2D eigenvalue weighted by Crippen LogP contribution is -2.31. The topological polar surface area (TPSA) is 21.1 Å². The van der Waals surface area contributed by atoms with E-state index in [1.807, 2.05) is 47.9 Å². The predicted octanol–water partition coefficient (Wildman–Crippen LogP) is 4.47.